The Morgan fingerprint density at radius 3 is 2.70 bits per heavy atom. The molecule has 2 aromatic rings. The van der Waals surface area contributed by atoms with E-state index in [1.165, 1.54) is 0 Å². The Morgan fingerprint density at radius 2 is 2.04 bits per heavy atom. The van der Waals surface area contributed by atoms with E-state index in [2.05, 4.69) is 20.6 Å². The first kappa shape index (κ1) is 19.4. The summed E-state index contributed by atoms with van der Waals surface area (Å²) in [7, 11) is 0. The maximum atomic E-state index is 11.6. The van der Waals surface area contributed by atoms with E-state index < -0.39 is 0 Å². The number of aromatic nitrogens is 2. The number of nitrogens with zero attached hydrogens (tertiary/aromatic N) is 2. The summed E-state index contributed by atoms with van der Waals surface area (Å²) in [5.74, 6) is 0.645. The number of carbonyl (C=O) groups is 2. The van der Waals surface area contributed by atoms with E-state index in [1.54, 1.807) is 6.07 Å². The lowest BCUT2D eigenvalue weighted by Gasteiger charge is -2.09. The molecule has 0 bridgehead atoms. The van der Waals surface area contributed by atoms with Gasteiger partial charge in [-0.05, 0) is 30.2 Å². The van der Waals surface area contributed by atoms with Crippen molar-refractivity contribution in [3.05, 3.63) is 46.7 Å². The fourth-order valence-electron chi connectivity index (χ4n) is 2.50. The van der Waals surface area contributed by atoms with Crippen LogP contribution in [-0.2, 0) is 17.8 Å². The number of benzene rings is 1. The number of nitrogens with one attached hydrogen (secondary N) is 2. The van der Waals surface area contributed by atoms with Crippen LogP contribution < -0.4 is 21.1 Å². The highest BCUT2D eigenvalue weighted by Crippen LogP contribution is 2.23. The van der Waals surface area contributed by atoms with E-state index in [-0.39, 0.29) is 22.3 Å². The molecule has 4 N–H and O–H groups in total. The Labute approximate surface area is 165 Å². The largest absolute Gasteiger partial charge is 0.492 e. The lowest BCUT2D eigenvalue weighted by Crippen LogP contribution is -2.25. The minimum atomic E-state index is -0.363. The van der Waals surface area contributed by atoms with E-state index in [9.17, 15) is 9.59 Å². The first-order chi connectivity index (χ1) is 13.0. The van der Waals surface area contributed by atoms with E-state index in [4.69, 9.17) is 22.1 Å². The highest BCUT2D eigenvalue weighted by molar-refractivity contribution is 8.15. The summed E-state index contributed by atoms with van der Waals surface area (Å²) < 4.78 is 5.67. The van der Waals surface area contributed by atoms with Crippen LogP contribution in [0.15, 0.2) is 30.3 Å². The third-order valence-corrected chi connectivity index (χ3v) is 4.91. The molecule has 1 fully saturated rings. The Bertz CT molecular complexity index is 814. The monoisotopic (exact) mass is 407 g/mol. The van der Waals surface area contributed by atoms with Crippen LogP contribution in [0.5, 0.6) is 5.75 Å². The molecule has 27 heavy (non-hydrogen) atoms. The lowest BCUT2D eigenvalue weighted by molar-refractivity contribution is -0.118. The first-order valence-electron chi connectivity index (χ1n) is 8.22. The van der Waals surface area contributed by atoms with Crippen molar-refractivity contribution < 1.29 is 14.3 Å². The fourth-order valence-corrected chi connectivity index (χ4v) is 3.57. The van der Waals surface area contributed by atoms with Gasteiger partial charge in [-0.2, -0.15) is 0 Å². The van der Waals surface area contributed by atoms with Crippen molar-refractivity contribution in [1.82, 2.24) is 20.6 Å². The Balaban J connectivity index is 1.38. The minimum absolute atomic E-state index is 0.147. The predicted octanol–water partition coefficient (Wildman–Crippen LogP) is 1.77. The molecule has 0 spiro atoms. The summed E-state index contributed by atoms with van der Waals surface area (Å²) in [6, 6.07) is 9.14. The molecule has 3 rings (SSSR count). The van der Waals surface area contributed by atoms with Gasteiger partial charge >= 0.3 is 0 Å². The standard InChI is InChI=1S/C17H18ClN5O3S/c18-14-8-11(21-16(19)22-14)9-20-5-6-26-12-3-1-10(2-4-12)7-13-15(24)23-17(25)27-13/h1-4,8,13,20H,5-7,9H2,(H2,19,21,22)(H,23,24,25). The second kappa shape index (κ2) is 9.03. The SMILES string of the molecule is Nc1nc(Cl)cc(CNCCOc2ccc(CC3SC(=O)NC3=O)cc2)n1. The van der Waals surface area contributed by atoms with Gasteiger partial charge in [-0.25, -0.2) is 9.97 Å². The number of carbonyl (C=O) groups excluding carboxylic acids is 2. The van der Waals surface area contributed by atoms with Gasteiger partial charge in [0.2, 0.25) is 11.9 Å². The van der Waals surface area contributed by atoms with Gasteiger partial charge in [0.15, 0.2) is 0 Å². The van der Waals surface area contributed by atoms with Gasteiger partial charge < -0.3 is 15.8 Å². The van der Waals surface area contributed by atoms with Gasteiger partial charge in [0.1, 0.15) is 17.5 Å². The van der Waals surface area contributed by atoms with Crippen molar-refractivity contribution in [2.75, 3.05) is 18.9 Å². The Kier molecular flexibility index (Phi) is 6.49. The van der Waals surface area contributed by atoms with Crippen LogP contribution in [-0.4, -0.2) is 39.5 Å². The van der Waals surface area contributed by atoms with Crippen LogP contribution in [0, 0.1) is 0 Å². The number of hydrogen-bond acceptors (Lipinski definition) is 8. The molecule has 1 aliphatic heterocycles. The number of ether oxygens (including phenoxy) is 1. The van der Waals surface area contributed by atoms with Crippen LogP contribution in [0.3, 0.4) is 0 Å². The topological polar surface area (TPSA) is 119 Å². The number of nitrogen functional groups attached to an aromatic ring is 1. The van der Waals surface area contributed by atoms with Crippen molar-refractivity contribution in [2.24, 2.45) is 0 Å². The third kappa shape index (κ3) is 5.81. The molecule has 10 heteroatoms. The molecular formula is C17H18ClN5O3S. The predicted molar refractivity (Wildman–Crippen MR) is 104 cm³/mol. The zero-order valence-corrected chi connectivity index (χ0v) is 15.8. The summed E-state index contributed by atoms with van der Waals surface area (Å²) in [4.78, 5) is 30.7. The molecule has 0 saturated carbocycles. The summed E-state index contributed by atoms with van der Waals surface area (Å²) in [6.45, 7) is 1.60. The summed E-state index contributed by atoms with van der Waals surface area (Å²) in [5.41, 5.74) is 7.23. The lowest BCUT2D eigenvalue weighted by atomic mass is 10.1. The molecule has 1 aromatic carbocycles. The number of nitrogens with two attached hydrogens (primary N) is 1. The number of hydrogen-bond donors (Lipinski definition) is 3. The van der Waals surface area contributed by atoms with Crippen LogP contribution in [0.1, 0.15) is 11.3 Å². The van der Waals surface area contributed by atoms with Crippen molar-refractivity contribution in [1.29, 1.82) is 0 Å². The maximum absolute atomic E-state index is 11.6. The number of rotatable bonds is 8. The van der Waals surface area contributed by atoms with E-state index >= 15 is 0 Å². The quantitative estimate of drug-likeness (QED) is 0.447. The normalized spacial score (nSPS) is 16.4. The zero-order valence-electron chi connectivity index (χ0n) is 14.3. The number of halogens is 1. The van der Waals surface area contributed by atoms with E-state index in [1.807, 2.05) is 24.3 Å². The van der Waals surface area contributed by atoms with Crippen LogP contribution in [0.25, 0.3) is 0 Å². The van der Waals surface area contributed by atoms with Crippen LogP contribution >= 0.6 is 23.4 Å². The maximum Gasteiger partial charge on any atom is 0.286 e. The summed E-state index contributed by atoms with van der Waals surface area (Å²) in [5, 5.41) is 5.14. The molecule has 1 unspecified atom stereocenters. The summed E-state index contributed by atoms with van der Waals surface area (Å²) in [6.07, 6.45) is 0.509. The van der Waals surface area contributed by atoms with Gasteiger partial charge in [0.05, 0.1) is 10.9 Å². The molecule has 1 aromatic heterocycles. The first-order valence-corrected chi connectivity index (χ1v) is 9.48. The second-order valence-electron chi connectivity index (χ2n) is 5.80. The zero-order chi connectivity index (χ0) is 19.2. The van der Waals surface area contributed by atoms with Crippen LogP contribution in [0.4, 0.5) is 10.7 Å². The minimum Gasteiger partial charge on any atom is -0.492 e. The van der Waals surface area contributed by atoms with Gasteiger partial charge in [-0.1, -0.05) is 35.5 Å². The van der Waals surface area contributed by atoms with Gasteiger partial charge in [0, 0.05) is 13.1 Å². The Hall–Kier alpha value is -2.36. The van der Waals surface area contributed by atoms with Crippen molar-refractivity contribution in [2.45, 2.75) is 18.2 Å². The number of thioether (sulfide) groups is 1. The van der Waals surface area contributed by atoms with E-state index in [0.717, 1.165) is 23.1 Å². The average molecular weight is 408 g/mol. The van der Waals surface area contributed by atoms with Gasteiger partial charge in [-0.15, -0.1) is 0 Å². The molecule has 2 amide bonds. The van der Waals surface area contributed by atoms with Crippen LogP contribution in [0.2, 0.25) is 5.15 Å². The average Bonchev–Trinajstić information content (AvgIpc) is 2.92. The number of anilines is 1. The molecule has 2 heterocycles. The molecule has 0 aliphatic carbocycles. The molecular weight excluding hydrogens is 390 g/mol. The summed E-state index contributed by atoms with van der Waals surface area (Å²) >= 11 is 6.86. The second-order valence-corrected chi connectivity index (χ2v) is 7.36. The molecule has 142 valence electrons. The Morgan fingerprint density at radius 1 is 1.26 bits per heavy atom. The molecule has 1 aliphatic rings. The molecule has 0 radical (unpaired) electrons. The number of imide groups is 1. The molecule has 8 nitrogen and oxygen atoms in total. The van der Waals surface area contributed by atoms with Crippen molar-refractivity contribution in [3.63, 3.8) is 0 Å². The van der Waals surface area contributed by atoms with Gasteiger partial charge in [-0.3, -0.25) is 14.9 Å². The smallest absolute Gasteiger partial charge is 0.286 e. The fraction of sp³-hybridized carbons (Fsp3) is 0.294. The third-order valence-electron chi connectivity index (χ3n) is 3.73. The molecule has 1 saturated heterocycles. The van der Waals surface area contributed by atoms with E-state index in [0.29, 0.717) is 37.0 Å². The highest BCUT2D eigenvalue weighted by Gasteiger charge is 2.31. The van der Waals surface area contributed by atoms with Crippen molar-refractivity contribution in [3.8, 4) is 5.75 Å². The highest BCUT2D eigenvalue weighted by atomic mass is 35.5. The number of amides is 2. The van der Waals surface area contributed by atoms with Crippen molar-refractivity contribution >= 4 is 40.5 Å². The van der Waals surface area contributed by atoms with Gasteiger partial charge in [0.25, 0.3) is 5.24 Å². The molecule has 1 atom stereocenters.